The van der Waals surface area contributed by atoms with Gasteiger partial charge in [-0.05, 0) is 45.2 Å². The van der Waals surface area contributed by atoms with E-state index in [9.17, 15) is 0 Å². The van der Waals surface area contributed by atoms with Gasteiger partial charge in [-0.2, -0.15) is 0 Å². The van der Waals surface area contributed by atoms with Gasteiger partial charge in [-0.3, -0.25) is 4.90 Å². The van der Waals surface area contributed by atoms with Crippen LogP contribution in [0.15, 0.2) is 0 Å². The molecule has 2 saturated carbocycles. The summed E-state index contributed by atoms with van der Waals surface area (Å²) in [5.74, 6) is 0. The molecule has 2 nitrogen and oxygen atoms in total. The first-order valence-corrected chi connectivity index (χ1v) is 5.87. The third-order valence-electron chi connectivity index (χ3n) is 3.43. The van der Waals surface area contributed by atoms with Crippen molar-refractivity contribution in [3.63, 3.8) is 0 Å². The van der Waals surface area contributed by atoms with Crippen molar-refractivity contribution in [1.82, 2.24) is 4.90 Å². The Bertz CT molecular complexity index is 148. The molecule has 0 amide bonds. The third-order valence-corrected chi connectivity index (χ3v) is 3.43. The summed E-state index contributed by atoms with van der Waals surface area (Å²) in [6.07, 6.45) is 9.88. The Labute approximate surface area is 81.5 Å². The smallest absolute Gasteiger partial charge is 0.00993 e. The second-order valence-corrected chi connectivity index (χ2v) is 4.55. The first kappa shape index (κ1) is 9.47. The maximum atomic E-state index is 5.57. The average molecular weight is 182 g/mol. The van der Waals surface area contributed by atoms with Crippen molar-refractivity contribution in [2.45, 2.75) is 57.0 Å². The van der Waals surface area contributed by atoms with E-state index in [1.807, 2.05) is 0 Å². The van der Waals surface area contributed by atoms with Crippen LogP contribution in [-0.4, -0.2) is 30.1 Å². The molecule has 0 radical (unpaired) electrons. The van der Waals surface area contributed by atoms with E-state index in [1.54, 1.807) is 0 Å². The lowest BCUT2D eigenvalue weighted by Crippen LogP contribution is -2.36. The molecule has 0 unspecified atom stereocenters. The fraction of sp³-hybridized carbons (Fsp3) is 1.00. The van der Waals surface area contributed by atoms with Crippen LogP contribution in [0.25, 0.3) is 0 Å². The van der Waals surface area contributed by atoms with Gasteiger partial charge in [0, 0.05) is 12.1 Å². The fourth-order valence-corrected chi connectivity index (χ4v) is 2.58. The molecule has 0 aromatic carbocycles. The van der Waals surface area contributed by atoms with Crippen molar-refractivity contribution < 1.29 is 0 Å². The SMILES string of the molecule is NCCCN(C1CCCC1)C1CC1. The van der Waals surface area contributed by atoms with E-state index in [-0.39, 0.29) is 0 Å². The third kappa shape index (κ3) is 2.44. The van der Waals surface area contributed by atoms with Gasteiger partial charge in [-0.1, -0.05) is 12.8 Å². The summed E-state index contributed by atoms with van der Waals surface area (Å²) < 4.78 is 0. The molecule has 76 valence electrons. The van der Waals surface area contributed by atoms with Crippen LogP contribution in [0.3, 0.4) is 0 Å². The minimum absolute atomic E-state index is 0.857. The highest BCUT2D eigenvalue weighted by Crippen LogP contribution is 2.34. The molecular weight excluding hydrogens is 160 g/mol. The highest BCUT2D eigenvalue weighted by Gasteiger charge is 2.34. The van der Waals surface area contributed by atoms with E-state index in [0.29, 0.717) is 0 Å². The van der Waals surface area contributed by atoms with Crippen LogP contribution in [0, 0.1) is 0 Å². The van der Waals surface area contributed by atoms with Gasteiger partial charge in [-0.25, -0.2) is 0 Å². The highest BCUT2D eigenvalue weighted by atomic mass is 15.2. The lowest BCUT2D eigenvalue weighted by molar-refractivity contribution is 0.187. The number of nitrogens with two attached hydrogens (primary N) is 1. The maximum absolute atomic E-state index is 5.57. The van der Waals surface area contributed by atoms with Crippen LogP contribution < -0.4 is 5.73 Å². The first-order chi connectivity index (χ1) is 6.42. The topological polar surface area (TPSA) is 29.3 Å². The zero-order valence-corrected chi connectivity index (χ0v) is 8.54. The van der Waals surface area contributed by atoms with E-state index in [4.69, 9.17) is 5.73 Å². The Hall–Kier alpha value is -0.0800. The normalized spacial score (nSPS) is 24.5. The standard InChI is InChI=1S/C11H22N2/c12-8-3-9-13(11-6-7-11)10-4-1-2-5-10/h10-11H,1-9,12H2. The summed E-state index contributed by atoms with van der Waals surface area (Å²) >= 11 is 0. The van der Waals surface area contributed by atoms with Gasteiger partial charge in [0.1, 0.15) is 0 Å². The van der Waals surface area contributed by atoms with Crippen molar-refractivity contribution in [2.75, 3.05) is 13.1 Å². The van der Waals surface area contributed by atoms with Crippen LogP contribution in [0.5, 0.6) is 0 Å². The first-order valence-electron chi connectivity index (χ1n) is 5.87. The Morgan fingerprint density at radius 2 is 1.62 bits per heavy atom. The largest absolute Gasteiger partial charge is 0.330 e. The van der Waals surface area contributed by atoms with Gasteiger partial charge in [0.05, 0.1) is 0 Å². The number of rotatable bonds is 5. The minimum Gasteiger partial charge on any atom is -0.330 e. The molecule has 0 atom stereocenters. The Balaban J connectivity index is 1.80. The van der Waals surface area contributed by atoms with Crippen LogP contribution in [-0.2, 0) is 0 Å². The van der Waals surface area contributed by atoms with Crippen molar-refractivity contribution in [3.05, 3.63) is 0 Å². The average Bonchev–Trinajstić information content (AvgIpc) is 2.82. The molecule has 2 aliphatic carbocycles. The molecule has 0 heterocycles. The van der Waals surface area contributed by atoms with Crippen LogP contribution in [0.1, 0.15) is 44.9 Å². The van der Waals surface area contributed by atoms with Crippen molar-refractivity contribution >= 4 is 0 Å². The summed E-state index contributed by atoms with van der Waals surface area (Å²) in [4.78, 5) is 2.75. The summed E-state index contributed by atoms with van der Waals surface area (Å²) in [6.45, 7) is 2.11. The lowest BCUT2D eigenvalue weighted by Gasteiger charge is -2.28. The predicted molar refractivity (Wildman–Crippen MR) is 55.7 cm³/mol. The molecule has 0 bridgehead atoms. The van der Waals surface area contributed by atoms with E-state index in [0.717, 1.165) is 18.6 Å². The summed E-state index contributed by atoms with van der Waals surface area (Å²) in [5, 5.41) is 0. The maximum Gasteiger partial charge on any atom is 0.00993 e. The molecule has 0 aromatic rings. The van der Waals surface area contributed by atoms with Crippen LogP contribution in [0.2, 0.25) is 0 Å². The second kappa shape index (κ2) is 4.43. The molecule has 0 aromatic heterocycles. The van der Waals surface area contributed by atoms with E-state index < -0.39 is 0 Å². The molecule has 0 aliphatic heterocycles. The molecule has 0 spiro atoms. The van der Waals surface area contributed by atoms with Gasteiger partial charge in [-0.15, -0.1) is 0 Å². The molecule has 2 rings (SSSR count). The summed E-state index contributed by atoms with van der Waals surface area (Å²) in [5.41, 5.74) is 5.57. The van der Waals surface area contributed by atoms with E-state index >= 15 is 0 Å². The quantitative estimate of drug-likeness (QED) is 0.702. The van der Waals surface area contributed by atoms with Gasteiger partial charge < -0.3 is 5.73 Å². The Morgan fingerprint density at radius 1 is 1.00 bits per heavy atom. The highest BCUT2D eigenvalue weighted by molar-refractivity contribution is 4.90. The molecule has 2 heteroatoms. The molecular formula is C11H22N2. The zero-order chi connectivity index (χ0) is 9.10. The van der Waals surface area contributed by atoms with Crippen LogP contribution >= 0.6 is 0 Å². The molecule has 0 saturated heterocycles. The Kier molecular flexibility index (Phi) is 3.23. The van der Waals surface area contributed by atoms with Gasteiger partial charge in [0.2, 0.25) is 0 Å². The van der Waals surface area contributed by atoms with E-state index in [1.165, 1.54) is 51.5 Å². The predicted octanol–water partition coefficient (Wildman–Crippen LogP) is 1.74. The van der Waals surface area contributed by atoms with Crippen molar-refractivity contribution in [3.8, 4) is 0 Å². The zero-order valence-electron chi connectivity index (χ0n) is 8.54. The van der Waals surface area contributed by atoms with Gasteiger partial charge >= 0.3 is 0 Å². The second-order valence-electron chi connectivity index (χ2n) is 4.55. The fourth-order valence-electron chi connectivity index (χ4n) is 2.58. The minimum atomic E-state index is 0.857. The monoisotopic (exact) mass is 182 g/mol. The molecule has 13 heavy (non-hydrogen) atoms. The van der Waals surface area contributed by atoms with Crippen LogP contribution in [0.4, 0.5) is 0 Å². The number of hydrogen-bond donors (Lipinski definition) is 1. The van der Waals surface area contributed by atoms with Gasteiger partial charge in [0.25, 0.3) is 0 Å². The Morgan fingerprint density at radius 3 is 2.15 bits per heavy atom. The van der Waals surface area contributed by atoms with E-state index in [2.05, 4.69) is 4.90 Å². The summed E-state index contributed by atoms with van der Waals surface area (Å²) in [7, 11) is 0. The summed E-state index contributed by atoms with van der Waals surface area (Å²) in [6, 6.07) is 1.86. The molecule has 2 fully saturated rings. The molecule has 2 aliphatic rings. The molecule has 2 N–H and O–H groups in total. The van der Waals surface area contributed by atoms with Gasteiger partial charge in [0.15, 0.2) is 0 Å². The van der Waals surface area contributed by atoms with Crippen molar-refractivity contribution in [1.29, 1.82) is 0 Å². The number of nitrogens with zero attached hydrogens (tertiary/aromatic N) is 1. The lowest BCUT2D eigenvalue weighted by atomic mass is 10.2. The number of hydrogen-bond acceptors (Lipinski definition) is 2. The van der Waals surface area contributed by atoms with Crippen molar-refractivity contribution in [2.24, 2.45) is 5.73 Å².